The Bertz CT molecular complexity index is 1440. The highest BCUT2D eigenvalue weighted by Gasteiger charge is 2.29. The van der Waals surface area contributed by atoms with E-state index in [1.807, 2.05) is 6.07 Å². The lowest BCUT2D eigenvalue weighted by Gasteiger charge is -2.27. The monoisotopic (exact) mass is 608 g/mol. The summed E-state index contributed by atoms with van der Waals surface area (Å²) < 4.78 is 70.8. The van der Waals surface area contributed by atoms with Gasteiger partial charge in [-0.05, 0) is 54.5 Å². The number of phenols is 1. The molecule has 1 aliphatic rings. The highest BCUT2D eigenvalue weighted by atomic mass is 32.2. The SMILES string of the molecule is CCN(CC(=O)N(Cc1ccc(C2CCCCC2)cn1)c1ccc(C(N)=O)c(O)c1)Sc1c(F)c(F)c(F)c(F)c1F. The fourth-order valence-corrected chi connectivity index (χ4v) is 5.73. The van der Waals surface area contributed by atoms with E-state index in [1.54, 1.807) is 12.3 Å². The van der Waals surface area contributed by atoms with Crippen LogP contribution in [0.1, 0.15) is 66.6 Å². The van der Waals surface area contributed by atoms with Crippen LogP contribution in [-0.2, 0) is 11.3 Å². The van der Waals surface area contributed by atoms with Crippen molar-refractivity contribution in [1.82, 2.24) is 9.29 Å². The molecule has 2 amide bonds. The summed E-state index contributed by atoms with van der Waals surface area (Å²) in [5, 5.41) is 10.3. The van der Waals surface area contributed by atoms with Gasteiger partial charge >= 0.3 is 0 Å². The minimum Gasteiger partial charge on any atom is -0.507 e. The van der Waals surface area contributed by atoms with Gasteiger partial charge in [0.05, 0.1) is 24.3 Å². The molecule has 1 aliphatic carbocycles. The summed E-state index contributed by atoms with van der Waals surface area (Å²) in [7, 11) is 0. The van der Waals surface area contributed by atoms with Crippen LogP contribution in [0.3, 0.4) is 0 Å². The van der Waals surface area contributed by atoms with E-state index >= 15 is 0 Å². The molecule has 0 radical (unpaired) electrons. The molecule has 0 spiro atoms. The fraction of sp³-hybridized carbons (Fsp3) is 0.345. The first-order chi connectivity index (χ1) is 20.0. The number of aromatic hydroxyl groups is 1. The van der Waals surface area contributed by atoms with Crippen molar-refractivity contribution in [3.05, 3.63) is 82.4 Å². The minimum absolute atomic E-state index is 0.00998. The van der Waals surface area contributed by atoms with Gasteiger partial charge in [-0.15, -0.1) is 0 Å². The average Bonchev–Trinajstić information content (AvgIpc) is 2.99. The maximum absolute atomic E-state index is 14.3. The summed E-state index contributed by atoms with van der Waals surface area (Å²) >= 11 is 0.216. The molecule has 0 saturated heterocycles. The van der Waals surface area contributed by atoms with E-state index in [2.05, 4.69) is 4.98 Å². The molecule has 3 aromatic rings. The minimum atomic E-state index is -2.28. The summed E-state index contributed by atoms with van der Waals surface area (Å²) in [6, 6.07) is 7.53. The fourth-order valence-electron chi connectivity index (χ4n) is 4.83. The third-order valence-electron chi connectivity index (χ3n) is 7.16. The Hall–Kier alpha value is -3.71. The molecule has 1 aromatic heterocycles. The Kier molecular flexibility index (Phi) is 10.0. The van der Waals surface area contributed by atoms with Gasteiger partial charge in [-0.1, -0.05) is 32.3 Å². The summed E-state index contributed by atoms with van der Waals surface area (Å²) in [6.45, 7) is 0.933. The second kappa shape index (κ2) is 13.5. The number of rotatable bonds is 10. The molecule has 4 rings (SSSR count). The first kappa shape index (κ1) is 31.2. The van der Waals surface area contributed by atoms with Crippen LogP contribution in [0.2, 0.25) is 0 Å². The Morgan fingerprint density at radius 3 is 2.17 bits per heavy atom. The molecular formula is C29H29F5N4O3S. The first-order valence-corrected chi connectivity index (χ1v) is 14.1. The highest BCUT2D eigenvalue weighted by molar-refractivity contribution is 7.97. The van der Waals surface area contributed by atoms with Crippen molar-refractivity contribution >= 4 is 29.4 Å². The van der Waals surface area contributed by atoms with Crippen molar-refractivity contribution < 1.29 is 36.6 Å². The Morgan fingerprint density at radius 2 is 1.62 bits per heavy atom. The predicted octanol–water partition coefficient (Wildman–Crippen LogP) is 6.19. The van der Waals surface area contributed by atoms with Gasteiger partial charge in [-0.2, -0.15) is 0 Å². The lowest BCUT2D eigenvalue weighted by molar-refractivity contribution is -0.118. The second-order valence-electron chi connectivity index (χ2n) is 9.91. The zero-order valence-corrected chi connectivity index (χ0v) is 23.5. The van der Waals surface area contributed by atoms with Crippen molar-refractivity contribution in [1.29, 1.82) is 0 Å². The number of halogens is 5. The normalized spacial score (nSPS) is 13.9. The van der Waals surface area contributed by atoms with Crippen LogP contribution in [0, 0.1) is 29.1 Å². The lowest BCUT2D eigenvalue weighted by Crippen LogP contribution is -2.38. The van der Waals surface area contributed by atoms with Crippen molar-refractivity contribution in [3.63, 3.8) is 0 Å². The van der Waals surface area contributed by atoms with Crippen LogP contribution in [0.5, 0.6) is 5.75 Å². The van der Waals surface area contributed by atoms with Crippen LogP contribution >= 0.6 is 11.9 Å². The van der Waals surface area contributed by atoms with Crippen molar-refractivity contribution in [3.8, 4) is 5.75 Å². The maximum atomic E-state index is 14.3. The molecule has 13 heteroatoms. The van der Waals surface area contributed by atoms with Crippen LogP contribution in [0.4, 0.5) is 27.6 Å². The number of primary amides is 1. The van der Waals surface area contributed by atoms with E-state index in [1.165, 1.54) is 36.4 Å². The standard InChI is InChI=1S/C29H29F5N4O3S/c1-2-37(42-28-26(33)24(31)23(30)25(32)27(28)34)15-22(40)38(19-10-11-20(29(35)41)21(39)12-19)14-18-9-8-17(13-36-18)16-6-4-3-5-7-16/h8-13,16,39H,2-7,14-15H2,1H3,(H2,35,41). The largest absolute Gasteiger partial charge is 0.507 e. The number of carbonyl (C=O) groups excluding carboxylic acids is 2. The predicted molar refractivity (Wildman–Crippen MR) is 147 cm³/mol. The van der Waals surface area contributed by atoms with Gasteiger partial charge < -0.3 is 15.7 Å². The van der Waals surface area contributed by atoms with Crippen LogP contribution in [0.25, 0.3) is 0 Å². The summed E-state index contributed by atoms with van der Waals surface area (Å²) in [4.78, 5) is 29.8. The highest BCUT2D eigenvalue weighted by Crippen LogP contribution is 2.34. The second-order valence-corrected chi connectivity index (χ2v) is 11.0. The summed E-state index contributed by atoms with van der Waals surface area (Å²) in [5.74, 6) is -12.1. The number of anilines is 1. The Morgan fingerprint density at radius 1 is 0.976 bits per heavy atom. The van der Waals surface area contributed by atoms with Crippen molar-refractivity contribution in [2.75, 3.05) is 18.0 Å². The van der Waals surface area contributed by atoms with E-state index < -0.39 is 58.1 Å². The lowest BCUT2D eigenvalue weighted by atomic mass is 9.85. The van der Waals surface area contributed by atoms with Gasteiger partial charge in [-0.3, -0.25) is 14.6 Å². The van der Waals surface area contributed by atoms with E-state index in [9.17, 15) is 36.6 Å². The molecule has 42 heavy (non-hydrogen) atoms. The zero-order valence-electron chi connectivity index (χ0n) is 22.7. The third kappa shape index (κ3) is 6.84. The van der Waals surface area contributed by atoms with Crippen molar-refractivity contribution in [2.24, 2.45) is 5.73 Å². The quantitative estimate of drug-likeness (QED) is 0.123. The summed E-state index contributed by atoms with van der Waals surface area (Å²) in [5.41, 5.74) is 6.86. The molecular weight excluding hydrogens is 579 g/mol. The number of aromatic nitrogens is 1. The molecule has 224 valence electrons. The van der Waals surface area contributed by atoms with Gasteiger partial charge in [-0.25, -0.2) is 26.3 Å². The third-order valence-corrected chi connectivity index (χ3v) is 8.34. The first-order valence-electron chi connectivity index (χ1n) is 13.3. The topological polar surface area (TPSA) is 99.8 Å². The number of amides is 2. The van der Waals surface area contributed by atoms with Gasteiger partial charge in [0.25, 0.3) is 5.91 Å². The molecule has 0 aliphatic heterocycles. The average molecular weight is 609 g/mol. The van der Waals surface area contributed by atoms with Gasteiger partial charge in [0, 0.05) is 24.5 Å². The van der Waals surface area contributed by atoms with Crippen molar-refractivity contribution in [2.45, 2.75) is 56.4 Å². The van der Waals surface area contributed by atoms with E-state index in [-0.39, 0.29) is 36.3 Å². The number of hydrogen-bond acceptors (Lipinski definition) is 6. The number of hydrogen-bond donors (Lipinski definition) is 2. The van der Waals surface area contributed by atoms with Gasteiger partial charge in [0.2, 0.25) is 11.7 Å². The molecule has 0 bridgehead atoms. The van der Waals surface area contributed by atoms with Crippen LogP contribution in [-0.4, -0.2) is 39.3 Å². The zero-order chi connectivity index (χ0) is 30.6. The Labute approximate surface area is 243 Å². The maximum Gasteiger partial charge on any atom is 0.252 e. The molecule has 1 heterocycles. The smallest absolute Gasteiger partial charge is 0.252 e. The number of likely N-dealkylation sites (N-methyl/N-ethyl adjacent to an activating group) is 1. The van der Waals surface area contributed by atoms with E-state index in [4.69, 9.17) is 5.73 Å². The number of nitrogens with zero attached hydrogens (tertiary/aromatic N) is 3. The number of nitrogens with two attached hydrogens (primary N) is 1. The molecule has 3 N–H and O–H groups in total. The van der Waals surface area contributed by atoms with E-state index in [0.717, 1.165) is 35.6 Å². The summed E-state index contributed by atoms with van der Waals surface area (Å²) in [6.07, 6.45) is 7.42. The number of carbonyl (C=O) groups is 2. The van der Waals surface area contributed by atoms with Crippen LogP contribution in [0.15, 0.2) is 41.4 Å². The molecule has 1 saturated carbocycles. The Balaban J connectivity index is 1.61. The molecule has 0 unspecified atom stereocenters. The molecule has 2 aromatic carbocycles. The molecule has 1 fully saturated rings. The van der Waals surface area contributed by atoms with Gasteiger partial charge in [0.1, 0.15) is 10.6 Å². The molecule has 7 nitrogen and oxygen atoms in total. The van der Waals surface area contributed by atoms with E-state index in [0.29, 0.717) is 11.6 Å². The molecule has 0 atom stereocenters. The number of benzene rings is 2. The van der Waals surface area contributed by atoms with Gasteiger partial charge in [0.15, 0.2) is 23.3 Å². The van der Waals surface area contributed by atoms with Crippen LogP contribution < -0.4 is 10.6 Å². The number of pyridine rings is 1.